The molecule has 0 saturated heterocycles. The largest absolute Gasteiger partial charge is 0.477 e. The van der Waals surface area contributed by atoms with Gasteiger partial charge in [0.1, 0.15) is 19.5 Å². The second kappa shape index (κ2) is 49.9. The summed E-state index contributed by atoms with van der Waals surface area (Å²) < 4.78 is 35.0. The fourth-order valence-corrected chi connectivity index (χ4v) is 26.1. The topological polar surface area (TPSA) is 245 Å². The van der Waals surface area contributed by atoms with Crippen LogP contribution in [0, 0.1) is 47.3 Å². The number of allylic oxidation sites excluding steroid dienone is 4. The van der Waals surface area contributed by atoms with Gasteiger partial charge in [0.25, 0.3) is 0 Å². The van der Waals surface area contributed by atoms with Crippen molar-refractivity contribution in [3.05, 3.63) is 73.3 Å². The Morgan fingerprint density at radius 3 is 0.920 bits per heavy atom. The molecule has 0 bridgehead atoms. The summed E-state index contributed by atoms with van der Waals surface area (Å²) in [6, 6.07) is 8.22. The number of ether oxygens (including phenoxy) is 6. The van der Waals surface area contributed by atoms with Crippen molar-refractivity contribution in [2.45, 2.75) is 368 Å². The van der Waals surface area contributed by atoms with Gasteiger partial charge in [-0.05, 0) is 382 Å². The number of anilines is 4. The Bertz CT molecular complexity index is 4200. The standard InChI is InChI=1S/C29H43NO4S.C27H39NO4S.C23H34BrNO4S.C20H28BrNO4S/c1-4-33-24-17-15-23(16-18-24)30(28(31)22-13-11-20(3)12-14-22)25-19-26(21-9-7-6-8-10-21)35-27(25)29(32)34-5-2;1-3-32-22-15-13-21(14-16-22)28(26(29)20-11-9-18(2)10-12-20)23-17-24(33-25(23)27(30)31)19-7-5-4-6-8-19;1-4-28-18-12-10-17(11-13-18)25(22(26)16-8-6-15(3)7-9-16)19-14-20(24)30-21(19)23(27)29-5-2;1-12-3-5-13(6-4-12)19(24)22(14-7-9-15(23)10-8-14)16-11-17(21)27-18(16)20(25)26-2/h9,19-20,22-24H,4-8,10-18H2,1-3H3;7,17-18,20-22H,3-6,8-16H2,1-2H3,(H,30,31);14-18H,4-13H2,1-3H3;11-15,23H,3-10H2,1-2H3. The van der Waals surface area contributed by atoms with E-state index in [4.69, 9.17) is 28.4 Å². The second-order valence-corrected chi connectivity index (χ2v) is 44.1. The molecule has 0 radical (unpaired) electrons. The van der Waals surface area contributed by atoms with Crippen LogP contribution >= 0.6 is 77.2 Å². The molecule has 2 N–H and O–H groups in total. The summed E-state index contributed by atoms with van der Waals surface area (Å²) in [6.07, 6.45) is 44.0. The Morgan fingerprint density at radius 2 is 0.640 bits per heavy atom. The molecule has 10 aliphatic rings. The zero-order chi connectivity index (χ0) is 89.4. The Kier molecular flexibility index (Phi) is 40.1. The predicted octanol–water partition coefficient (Wildman–Crippen LogP) is 25.3. The minimum absolute atomic E-state index is 0.00436. The molecule has 0 aromatic carbocycles. The lowest BCUT2D eigenvalue weighted by Crippen LogP contribution is -2.47. The maximum atomic E-state index is 14.2. The lowest BCUT2D eigenvalue weighted by Gasteiger charge is -2.39. The fraction of sp³-hybridized carbons (Fsp3) is 0.717. The molecule has 4 amide bonds. The molecule has 694 valence electrons. The number of aliphatic hydroxyl groups is 1. The molecule has 0 aliphatic heterocycles. The van der Waals surface area contributed by atoms with E-state index in [-0.39, 0.29) is 108 Å². The number of amides is 4. The number of aromatic carboxylic acids is 1. The smallest absolute Gasteiger partial charge is 0.350 e. The quantitative estimate of drug-likeness (QED) is 0.0438. The van der Waals surface area contributed by atoms with Crippen LogP contribution in [0.1, 0.15) is 368 Å². The van der Waals surface area contributed by atoms with Crippen molar-refractivity contribution in [3.8, 4) is 0 Å². The van der Waals surface area contributed by atoms with Gasteiger partial charge in [-0.3, -0.25) is 19.2 Å². The number of halogens is 2. The number of nitrogens with zero attached hydrogens (tertiary/aromatic N) is 4. The third-order valence-electron chi connectivity index (χ3n) is 28.2. The van der Waals surface area contributed by atoms with Crippen LogP contribution in [0.3, 0.4) is 0 Å². The van der Waals surface area contributed by atoms with Crippen molar-refractivity contribution >= 4 is 159 Å². The maximum Gasteiger partial charge on any atom is 0.350 e. The molecule has 4 heterocycles. The summed E-state index contributed by atoms with van der Waals surface area (Å²) in [5.41, 5.74) is 5.37. The minimum Gasteiger partial charge on any atom is -0.477 e. The highest BCUT2D eigenvalue weighted by Crippen LogP contribution is 2.49. The molecule has 8 saturated carbocycles. The van der Waals surface area contributed by atoms with E-state index < -0.39 is 11.9 Å². The number of carbonyl (C=O) groups excluding carboxylic acids is 7. The summed E-state index contributed by atoms with van der Waals surface area (Å²) in [5.74, 6) is 1.51. The van der Waals surface area contributed by atoms with Gasteiger partial charge >= 0.3 is 23.9 Å². The zero-order valence-electron chi connectivity index (χ0n) is 76.3. The van der Waals surface area contributed by atoms with E-state index in [9.17, 15) is 48.6 Å². The molecule has 0 spiro atoms. The number of thiophene rings is 4. The molecule has 14 rings (SSSR count). The van der Waals surface area contributed by atoms with Crippen LogP contribution in [0.2, 0.25) is 0 Å². The summed E-state index contributed by atoms with van der Waals surface area (Å²) in [4.78, 5) is 118. The van der Waals surface area contributed by atoms with Gasteiger partial charge in [0.15, 0.2) is 0 Å². The molecular weight excluding hydrogens is 1790 g/mol. The average Bonchev–Trinajstić information content (AvgIpc) is 1.75. The van der Waals surface area contributed by atoms with E-state index in [0.29, 0.717) is 92.9 Å². The Labute approximate surface area is 777 Å². The van der Waals surface area contributed by atoms with Gasteiger partial charge in [0, 0.05) is 77.4 Å². The number of hydrogen-bond acceptors (Lipinski definition) is 19. The van der Waals surface area contributed by atoms with E-state index >= 15 is 0 Å². The monoisotopic (exact) mass is 1930 g/mol. The van der Waals surface area contributed by atoms with Crippen LogP contribution in [-0.4, -0.2) is 146 Å². The van der Waals surface area contributed by atoms with Gasteiger partial charge in [-0.1, -0.05) is 39.8 Å². The Morgan fingerprint density at radius 1 is 0.360 bits per heavy atom. The van der Waals surface area contributed by atoms with Crippen molar-refractivity contribution < 1.29 is 77.0 Å². The van der Waals surface area contributed by atoms with Crippen LogP contribution in [0.4, 0.5) is 22.7 Å². The molecular formula is C99H144Br2N4O16S4. The minimum atomic E-state index is -0.921. The molecule has 125 heavy (non-hydrogen) atoms. The third kappa shape index (κ3) is 27.3. The van der Waals surface area contributed by atoms with Gasteiger partial charge < -0.3 is 58.2 Å². The van der Waals surface area contributed by atoms with Crippen molar-refractivity contribution in [2.75, 3.05) is 59.7 Å². The lowest BCUT2D eigenvalue weighted by atomic mass is 9.81. The number of hydrogen-bond donors (Lipinski definition) is 2. The molecule has 0 unspecified atom stereocenters. The van der Waals surface area contributed by atoms with Crippen molar-refractivity contribution in [1.82, 2.24) is 0 Å². The molecule has 0 atom stereocenters. The highest BCUT2D eigenvalue weighted by atomic mass is 79.9. The maximum absolute atomic E-state index is 14.2. The summed E-state index contributed by atoms with van der Waals surface area (Å²) >= 11 is 12.5. The third-order valence-corrected chi connectivity index (χ3v) is 33.8. The van der Waals surface area contributed by atoms with Crippen molar-refractivity contribution in [2.24, 2.45) is 47.3 Å². The lowest BCUT2D eigenvalue weighted by molar-refractivity contribution is -0.125. The van der Waals surface area contributed by atoms with Crippen LogP contribution in [0.15, 0.2) is 44.0 Å². The van der Waals surface area contributed by atoms with Crippen molar-refractivity contribution in [1.29, 1.82) is 0 Å². The van der Waals surface area contributed by atoms with Crippen LogP contribution in [0.25, 0.3) is 11.1 Å². The van der Waals surface area contributed by atoms with Crippen LogP contribution in [-0.2, 0) is 47.6 Å². The van der Waals surface area contributed by atoms with Gasteiger partial charge in [0.2, 0.25) is 23.6 Å². The highest BCUT2D eigenvalue weighted by molar-refractivity contribution is 9.11. The predicted molar refractivity (Wildman–Crippen MR) is 511 cm³/mol. The fourth-order valence-electron chi connectivity index (χ4n) is 20.9. The van der Waals surface area contributed by atoms with E-state index in [1.54, 1.807) is 6.92 Å². The first kappa shape index (κ1) is 100. The number of esters is 3. The number of rotatable bonds is 26. The second-order valence-electron chi connectivity index (χ2n) is 37.1. The van der Waals surface area contributed by atoms with Crippen LogP contribution < -0.4 is 19.6 Å². The van der Waals surface area contributed by atoms with E-state index in [2.05, 4.69) is 77.8 Å². The number of methoxy groups -OCH3 is 1. The normalized spacial score (nSPS) is 27.7. The SMILES string of the molecule is CCOC(=O)c1sc(Br)cc1N(C(=O)C1CCC(C)CC1)C1CCC(OCC)CC1.CCOC(=O)c1sc(C2=CCCCC2)cc1N(C(=O)C1CCC(C)CC1)C1CCC(OCC)CC1.CCOC1CCC(N(C(=O)C2CCC(C)CC2)c2cc(C3=CCCCC3)sc2C(=O)O)CC1.COC(=O)c1sc(Br)cc1N(C(=O)C1CCC(C)CC1)C1CCC(O)CC1. The zero-order valence-corrected chi connectivity index (χ0v) is 82.7. The highest BCUT2D eigenvalue weighted by Gasteiger charge is 2.44. The van der Waals surface area contributed by atoms with E-state index in [1.807, 2.05) is 65.5 Å². The Hall–Kier alpha value is -5.16. The summed E-state index contributed by atoms with van der Waals surface area (Å²) in [6.45, 7) is 21.6. The van der Waals surface area contributed by atoms with E-state index in [0.717, 1.165) is 261 Å². The molecule has 20 nitrogen and oxygen atoms in total. The van der Waals surface area contributed by atoms with E-state index in [1.165, 1.54) is 82.9 Å². The van der Waals surface area contributed by atoms with Gasteiger partial charge in [-0.25, -0.2) is 19.2 Å². The van der Waals surface area contributed by atoms with Crippen LogP contribution in [0.5, 0.6) is 0 Å². The molecule has 10 aliphatic carbocycles. The summed E-state index contributed by atoms with van der Waals surface area (Å²) in [7, 11) is 1.37. The number of carboxylic acid groups (broad SMARTS) is 1. The first-order valence-corrected chi connectivity index (χ1v) is 52.9. The molecule has 4 aromatic heterocycles. The van der Waals surface area contributed by atoms with Crippen molar-refractivity contribution in [3.63, 3.8) is 0 Å². The number of carboxylic acids is 1. The first-order chi connectivity index (χ1) is 60.3. The molecule has 8 fully saturated rings. The Balaban J connectivity index is 0.000000163. The average molecular weight is 1930 g/mol. The van der Waals surface area contributed by atoms with Gasteiger partial charge in [-0.2, -0.15) is 0 Å². The molecule has 26 heteroatoms. The first-order valence-electron chi connectivity index (χ1n) is 48.1. The number of carbonyl (C=O) groups is 8. The van der Waals surface area contributed by atoms with Gasteiger partial charge in [0.05, 0.1) is 75.1 Å². The number of aliphatic hydroxyl groups excluding tert-OH is 1. The van der Waals surface area contributed by atoms with Gasteiger partial charge in [-0.15, -0.1) is 45.3 Å². The molecule has 4 aromatic rings. The summed E-state index contributed by atoms with van der Waals surface area (Å²) in [5, 5.41) is 20.0.